The highest BCUT2D eigenvalue weighted by Crippen LogP contribution is 2.34. The minimum Gasteiger partial charge on any atom is -0.493 e. The van der Waals surface area contributed by atoms with E-state index in [0.717, 1.165) is 31.5 Å². The third-order valence-corrected chi connectivity index (χ3v) is 5.86. The van der Waals surface area contributed by atoms with E-state index in [9.17, 15) is 14.9 Å². The summed E-state index contributed by atoms with van der Waals surface area (Å²) in [6, 6.07) is 4.68. The molecule has 0 bridgehead atoms. The average Bonchev–Trinajstić information content (AvgIpc) is 3.28. The highest BCUT2D eigenvalue weighted by atomic mass is 32.1. The van der Waals surface area contributed by atoms with Crippen molar-refractivity contribution in [1.29, 1.82) is 0 Å². The molecule has 1 fully saturated rings. The summed E-state index contributed by atoms with van der Waals surface area (Å²) in [5.41, 5.74) is 0.791. The Balaban J connectivity index is 1.82. The van der Waals surface area contributed by atoms with Crippen LogP contribution in [-0.4, -0.2) is 49.6 Å². The molecular weight excluding hydrogens is 394 g/mol. The van der Waals surface area contributed by atoms with Gasteiger partial charge in [-0.25, -0.2) is 0 Å². The number of rotatable bonds is 8. The number of nitro benzene ring substituents is 1. The first kappa shape index (κ1) is 21.1. The van der Waals surface area contributed by atoms with Crippen LogP contribution in [0.2, 0.25) is 0 Å². The second-order valence-electron chi connectivity index (χ2n) is 6.86. The molecular formula is C20H25N3O5S. The zero-order valence-corrected chi connectivity index (χ0v) is 17.4. The highest BCUT2D eigenvalue weighted by Gasteiger charge is 2.27. The Morgan fingerprint density at radius 1 is 1.24 bits per heavy atom. The molecule has 1 aromatic heterocycles. The lowest BCUT2D eigenvalue weighted by atomic mass is 10.0. The van der Waals surface area contributed by atoms with Crippen molar-refractivity contribution < 1.29 is 19.2 Å². The van der Waals surface area contributed by atoms with E-state index >= 15 is 0 Å². The fraction of sp³-hybridized carbons (Fsp3) is 0.450. The van der Waals surface area contributed by atoms with Crippen molar-refractivity contribution in [3.05, 3.63) is 50.2 Å². The molecule has 0 aliphatic carbocycles. The van der Waals surface area contributed by atoms with Crippen LogP contribution in [0.15, 0.2) is 29.0 Å². The minimum absolute atomic E-state index is 0.0460. The number of nitrogens with zero attached hydrogens (tertiary/aromatic N) is 2. The van der Waals surface area contributed by atoms with Crippen molar-refractivity contribution in [3.8, 4) is 11.5 Å². The number of benzene rings is 1. The number of nitrogens with one attached hydrogen (secondary N) is 1. The van der Waals surface area contributed by atoms with E-state index in [4.69, 9.17) is 9.47 Å². The zero-order valence-electron chi connectivity index (χ0n) is 16.6. The molecule has 9 heteroatoms. The van der Waals surface area contributed by atoms with E-state index in [1.807, 2.05) is 5.38 Å². The van der Waals surface area contributed by atoms with E-state index in [0.29, 0.717) is 6.54 Å². The third-order valence-electron chi connectivity index (χ3n) is 5.16. The van der Waals surface area contributed by atoms with Gasteiger partial charge in [-0.05, 0) is 48.3 Å². The SMILES string of the molecule is COc1cc(C(=O)NCC(c2ccsc2)N2CCCCC2)c([N+](=O)[O-])cc1OC. The van der Waals surface area contributed by atoms with E-state index in [2.05, 4.69) is 21.7 Å². The molecule has 0 radical (unpaired) electrons. The Morgan fingerprint density at radius 2 is 1.93 bits per heavy atom. The summed E-state index contributed by atoms with van der Waals surface area (Å²) in [5.74, 6) is -0.0243. The van der Waals surface area contributed by atoms with Crippen LogP contribution in [0, 0.1) is 10.1 Å². The molecule has 1 amide bonds. The van der Waals surface area contributed by atoms with Gasteiger partial charge in [0.15, 0.2) is 11.5 Å². The third kappa shape index (κ3) is 4.86. The summed E-state index contributed by atoms with van der Waals surface area (Å²) in [6.45, 7) is 2.33. The average molecular weight is 420 g/mol. The van der Waals surface area contributed by atoms with Crippen molar-refractivity contribution in [2.75, 3.05) is 33.9 Å². The molecule has 1 aromatic carbocycles. The van der Waals surface area contributed by atoms with Gasteiger partial charge in [0.2, 0.25) is 0 Å². The maximum Gasteiger partial charge on any atom is 0.286 e. The van der Waals surface area contributed by atoms with Gasteiger partial charge in [-0.15, -0.1) is 0 Å². The molecule has 2 heterocycles. The summed E-state index contributed by atoms with van der Waals surface area (Å²) >= 11 is 1.62. The number of methoxy groups -OCH3 is 2. The quantitative estimate of drug-likeness (QED) is 0.519. The lowest BCUT2D eigenvalue weighted by Gasteiger charge is -2.34. The molecule has 2 aromatic rings. The number of hydrogen-bond acceptors (Lipinski definition) is 7. The molecule has 0 saturated carbocycles. The standard InChI is InChI=1S/C20H25N3O5S/c1-27-18-10-15(16(23(25)26)11-19(18)28-2)20(24)21-12-17(14-6-9-29-13-14)22-7-4-3-5-8-22/h6,9-11,13,17H,3-5,7-8,12H2,1-2H3,(H,21,24). The summed E-state index contributed by atoms with van der Waals surface area (Å²) in [7, 11) is 2.82. The Kier molecular flexibility index (Phi) is 7.05. The van der Waals surface area contributed by atoms with Crippen molar-refractivity contribution in [1.82, 2.24) is 10.2 Å². The summed E-state index contributed by atoms with van der Waals surface area (Å²) < 4.78 is 10.3. The van der Waals surface area contributed by atoms with Crippen LogP contribution in [0.4, 0.5) is 5.69 Å². The first-order valence-electron chi connectivity index (χ1n) is 9.50. The highest BCUT2D eigenvalue weighted by molar-refractivity contribution is 7.07. The summed E-state index contributed by atoms with van der Waals surface area (Å²) in [6.07, 6.45) is 3.49. The van der Waals surface area contributed by atoms with Gasteiger partial charge in [-0.2, -0.15) is 11.3 Å². The van der Waals surface area contributed by atoms with Crippen LogP contribution in [0.1, 0.15) is 41.2 Å². The second kappa shape index (κ2) is 9.71. The maximum atomic E-state index is 12.9. The van der Waals surface area contributed by atoms with Gasteiger partial charge in [-0.1, -0.05) is 6.42 Å². The van der Waals surface area contributed by atoms with E-state index < -0.39 is 10.8 Å². The number of hydrogen-bond donors (Lipinski definition) is 1. The van der Waals surface area contributed by atoms with Crippen molar-refractivity contribution in [3.63, 3.8) is 0 Å². The number of thiophene rings is 1. The molecule has 1 unspecified atom stereocenters. The lowest BCUT2D eigenvalue weighted by Crippen LogP contribution is -2.40. The number of carbonyl (C=O) groups excluding carboxylic acids is 1. The largest absolute Gasteiger partial charge is 0.493 e. The smallest absolute Gasteiger partial charge is 0.286 e. The Bertz CT molecular complexity index is 850. The molecule has 8 nitrogen and oxygen atoms in total. The molecule has 3 rings (SSSR count). The van der Waals surface area contributed by atoms with Crippen molar-refractivity contribution in [2.24, 2.45) is 0 Å². The first-order chi connectivity index (χ1) is 14.0. The van der Waals surface area contributed by atoms with E-state index in [-0.39, 0.29) is 28.8 Å². The topological polar surface area (TPSA) is 93.9 Å². The van der Waals surface area contributed by atoms with Crippen LogP contribution in [0.5, 0.6) is 11.5 Å². The maximum absolute atomic E-state index is 12.9. The zero-order chi connectivity index (χ0) is 20.8. The van der Waals surface area contributed by atoms with E-state index in [1.165, 1.54) is 32.8 Å². The Morgan fingerprint density at radius 3 is 2.52 bits per heavy atom. The predicted octanol–water partition coefficient (Wildman–Crippen LogP) is 3.63. The van der Waals surface area contributed by atoms with E-state index in [1.54, 1.807) is 11.3 Å². The molecule has 29 heavy (non-hydrogen) atoms. The number of amides is 1. The van der Waals surface area contributed by atoms with Crippen molar-refractivity contribution in [2.45, 2.75) is 25.3 Å². The Labute approximate surface area is 173 Å². The van der Waals surface area contributed by atoms with Gasteiger partial charge in [0.1, 0.15) is 5.56 Å². The van der Waals surface area contributed by atoms with Gasteiger partial charge in [0.25, 0.3) is 11.6 Å². The predicted molar refractivity (Wildman–Crippen MR) is 111 cm³/mol. The molecule has 1 aliphatic heterocycles. The monoisotopic (exact) mass is 419 g/mol. The number of piperidine rings is 1. The minimum atomic E-state index is -0.585. The van der Waals surface area contributed by atoms with Gasteiger partial charge >= 0.3 is 0 Å². The summed E-state index contributed by atoms with van der Waals surface area (Å²) in [5, 5.41) is 18.5. The van der Waals surface area contributed by atoms with Crippen LogP contribution in [0.25, 0.3) is 0 Å². The normalized spacial score (nSPS) is 15.5. The fourth-order valence-corrected chi connectivity index (χ4v) is 4.35. The summed E-state index contributed by atoms with van der Waals surface area (Å²) in [4.78, 5) is 26.1. The fourth-order valence-electron chi connectivity index (χ4n) is 3.64. The van der Waals surface area contributed by atoms with Crippen molar-refractivity contribution >= 4 is 22.9 Å². The van der Waals surface area contributed by atoms with Gasteiger partial charge in [-0.3, -0.25) is 19.8 Å². The second-order valence-corrected chi connectivity index (χ2v) is 7.64. The molecule has 156 valence electrons. The molecule has 0 spiro atoms. The molecule has 1 N–H and O–H groups in total. The molecule has 1 aliphatic rings. The lowest BCUT2D eigenvalue weighted by molar-refractivity contribution is -0.385. The first-order valence-corrected chi connectivity index (χ1v) is 10.4. The molecule has 1 atom stereocenters. The van der Waals surface area contributed by atoms with Crippen LogP contribution >= 0.6 is 11.3 Å². The van der Waals surface area contributed by atoms with Crippen LogP contribution in [0.3, 0.4) is 0 Å². The van der Waals surface area contributed by atoms with Crippen LogP contribution < -0.4 is 14.8 Å². The number of nitro groups is 1. The van der Waals surface area contributed by atoms with Gasteiger partial charge in [0.05, 0.1) is 31.3 Å². The molecule has 1 saturated heterocycles. The van der Waals surface area contributed by atoms with Gasteiger partial charge < -0.3 is 14.8 Å². The van der Waals surface area contributed by atoms with Crippen LogP contribution in [-0.2, 0) is 0 Å². The number of likely N-dealkylation sites (tertiary alicyclic amines) is 1. The number of carbonyl (C=O) groups is 1. The van der Waals surface area contributed by atoms with Gasteiger partial charge in [0, 0.05) is 12.6 Å². The number of ether oxygens (including phenoxy) is 2. The Hall–Kier alpha value is -2.65.